The van der Waals surface area contributed by atoms with Crippen LogP contribution < -0.4 is 0 Å². The van der Waals surface area contributed by atoms with E-state index in [9.17, 15) is 0 Å². The Morgan fingerprint density at radius 2 is 1.11 bits per heavy atom. The second kappa shape index (κ2) is 5.00. The lowest BCUT2D eigenvalue weighted by atomic mass is 10.2. The smallest absolute Gasteiger partial charge is 0.0361 e. The molecule has 0 amide bonds. The second-order valence-electron chi connectivity index (χ2n) is 3.52. The van der Waals surface area contributed by atoms with Crippen LogP contribution in [0.2, 0.25) is 18.1 Å². The molecule has 58 valence electrons. The first-order chi connectivity index (χ1) is 3.94. The highest BCUT2D eigenvalue weighted by Gasteiger charge is 2.15. The van der Waals surface area contributed by atoms with Crippen molar-refractivity contribution in [3.63, 3.8) is 0 Å². The van der Waals surface area contributed by atoms with Gasteiger partial charge in [-0.05, 0) is 5.04 Å². The molecule has 0 saturated carbocycles. The Balaban J connectivity index is 0. The zero-order valence-electron chi connectivity index (χ0n) is 7.52. The van der Waals surface area contributed by atoms with Gasteiger partial charge in [0, 0.05) is 15.9 Å². The van der Waals surface area contributed by atoms with Crippen LogP contribution in [-0.2, 0) is 0 Å². The number of aliphatic hydroxyl groups is 1. The lowest BCUT2D eigenvalue weighted by Crippen LogP contribution is -2.16. The van der Waals surface area contributed by atoms with E-state index in [1.807, 2.05) is 0 Å². The van der Waals surface area contributed by atoms with Gasteiger partial charge in [0.15, 0.2) is 0 Å². The van der Waals surface area contributed by atoms with E-state index in [4.69, 9.17) is 5.11 Å². The number of rotatable bonds is 0. The first kappa shape index (κ1) is 11.9. The van der Waals surface area contributed by atoms with Gasteiger partial charge in [-0.15, -0.1) is 0 Å². The lowest BCUT2D eigenvalue weighted by molar-refractivity contribution is 0.399. The van der Waals surface area contributed by atoms with E-state index in [0.717, 1.165) is 7.11 Å². The molecule has 0 unspecified atom stereocenters. The maximum Gasteiger partial charge on any atom is 0.0361 e. The van der Waals surface area contributed by atoms with Gasteiger partial charge in [0.1, 0.15) is 0 Å². The molecule has 0 spiro atoms. The monoisotopic (exact) mass is 148 g/mol. The summed E-state index contributed by atoms with van der Waals surface area (Å²) in [6, 6.07) is 0. The molecule has 0 saturated heterocycles. The fourth-order valence-corrected chi connectivity index (χ4v) is 0. The van der Waals surface area contributed by atoms with Crippen molar-refractivity contribution in [2.45, 2.75) is 38.9 Å². The normalized spacial score (nSPS) is 10.7. The predicted octanol–water partition coefficient (Wildman–Crippen LogP) is 1.88. The summed E-state index contributed by atoms with van der Waals surface area (Å²) in [5.74, 6) is 0. The third-order valence-electron chi connectivity index (χ3n) is 1.73. The van der Waals surface area contributed by atoms with Crippen LogP contribution in [0.1, 0.15) is 20.8 Å². The van der Waals surface area contributed by atoms with Crippen molar-refractivity contribution < 1.29 is 5.11 Å². The summed E-state index contributed by atoms with van der Waals surface area (Å²) < 4.78 is 0. The summed E-state index contributed by atoms with van der Waals surface area (Å²) in [5, 5.41) is 7.64. The van der Waals surface area contributed by atoms with Gasteiger partial charge in [0.25, 0.3) is 0 Å². The minimum atomic E-state index is -0.359. The molecule has 9 heavy (non-hydrogen) atoms. The topological polar surface area (TPSA) is 20.2 Å². The van der Waals surface area contributed by atoms with Crippen LogP contribution in [0.3, 0.4) is 0 Å². The van der Waals surface area contributed by atoms with E-state index in [1.54, 1.807) is 0 Å². The second-order valence-corrected chi connectivity index (χ2v) is 7.56. The fraction of sp³-hybridized carbons (Fsp3) is 1.00. The highest BCUT2D eigenvalue weighted by molar-refractivity contribution is 6.59. The summed E-state index contributed by atoms with van der Waals surface area (Å²) in [6.45, 7) is 11.7. The molecule has 0 fully saturated rings. The molecule has 1 nitrogen and oxygen atoms in total. The van der Waals surface area contributed by atoms with Crippen molar-refractivity contribution in [3.8, 4) is 0 Å². The Morgan fingerprint density at radius 3 is 1.11 bits per heavy atom. The molecule has 0 bridgehead atoms. The van der Waals surface area contributed by atoms with Crippen molar-refractivity contribution in [2.24, 2.45) is 0 Å². The molecule has 0 heterocycles. The highest BCUT2D eigenvalue weighted by Crippen LogP contribution is 2.25. The molecule has 2 heteroatoms. The Morgan fingerprint density at radius 1 is 1.00 bits per heavy atom. The quantitative estimate of drug-likeness (QED) is 0.520. The largest absolute Gasteiger partial charge is 0.400 e. The molecule has 1 N–H and O–H groups in total. The van der Waals surface area contributed by atoms with Gasteiger partial charge >= 0.3 is 0 Å². The average molecular weight is 148 g/mol. The van der Waals surface area contributed by atoms with Crippen molar-refractivity contribution >= 4 is 8.80 Å². The van der Waals surface area contributed by atoms with Crippen LogP contribution in [0.4, 0.5) is 0 Å². The van der Waals surface area contributed by atoms with E-state index in [1.165, 1.54) is 0 Å². The predicted molar refractivity (Wildman–Crippen MR) is 46.7 cm³/mol. The van der Waals surface area contributed by atoms with Gasteiger partial charge in [-0.25, -0.2) is 0 Å². The maximum atomic E-state index is 7.00. The molecule has 0 aliphatic heterocycles. The lowest BCUT2D eigenvalue weighted by Gasteiger charge is -2.21. The Labute approximate surface area is 60.7 Å². The van der Waals surface area contributed by atoms with Gasteiger partial charge in [0.05, 0.1) is 0 Å². The van der Waals surface area contributed by atoms with Gasteiger partial charge in [-0.3, -0.25) is 0 Å². The van der Waals surface area contributed by atoms with Crippen LogP contribution >= 0.6 is 0 Å². The van der Waals surface area contributed by atoms with Crippen molar-refractivity contribution in [1.82, 2.24) is 0 Å². The van der Waals surface area contributed by atoms with E-state index >= 15 is 0 Å². The Kier molecular flexibility index (Phi) is 6.62. The first-order valence-electron chi connectivity index (χ1n) is 3.39. The first-order valence-corrected chi connectivity index (χ1v) is 6.28. The summed E-state index contributed by atoms with van der Waals surface area (Å²) in [7, 11) is 0.641. The van der Waals surface area contributed by atoms with Crippen LogP contribution in [-0.4, -0.2) is 21.0 Å². The molecule has 0 aromatic heterocycles. The van der Waals surface area contributed by atoms with Crippen molar-refractivity contribution in [1.29, 1.82) is 0 Å². The summed E-state index contributed by atoms with van der Waals surface area (Å²) >= 11 is 0. The van der Waals surface area contributed by atoms with E-state index < -0.39 is 0 Å². The molecule has 0 aliphatic carbocycles. The summed E-state index contributed by atoms with van der Waals surface area (Å²) in [4.78, 5) is 0. The zero-order valence-corrected chi connectivity index (χ0v) is 8.68. The van der Waals surface area contributed by atoms with Gasteiger partial charge in [-0.1, -0.05) is 33.9 Å². The minimum Gasteiger partial charge on any atom is -0.400 e. The summed E-state index contributed by atoms with van der Waals surface area (Å²) in [5.41, 5.74) is 0. The van der Waals surface area contributed by atoms with E-state index in [2.05, 4.69) is 33.9 Å². The van der Waals surface area contributed by atoms with Crippen LogP contribution in [0.25, 0.3) is 0 Å². The van der Waals surface area contributed by atoms with Crippen molar-refractivity contribution in [3.05, 3.63) is 0 Å². The third-order valence-corrected chi connectivity index (χ3v) is 5.20. The van der Waals surface area contributed by atoms with Gasteiger partial charge in [0.2, 0.25) is 0 Å². The fourth-order valence-electron chi connectivity index (χ4n) is 0. The van der Waals surface area contributed by atoms with Crippen molar-refractivity contribution in [2.75, 3.05) is 7.11 Å². The van der Waals surface area contributed by atoms with Crippen LogP contribution in [0.5, 0.6) is 0 Å². The molecule has 0 aromatic carbocycles. The standard InChI is InChI=1S/C6H16Si.CH4O/c1-6(2,3)7(4)5;1-2/h7H,1-5H3;2H,1H3. The molecule has 0 rings (SSSR count). The number of hydrogen-bond donors (Lipinski definition) is 1. The van der Waals surface area contributed by atoms with Crippen LogP contribution in [0, 0.1) is 0 Å². The maximum absolute atomic E-state index is 7.00. The molecule has 0 aliphatic rings. The molecular weight excluding hydrogens is 128 g/mol. The number of hydrogen-bond acceptors (Lipinski definition) is 1. The molecular formula is C7H20OSi. The van der Waals surface area contributed by atoms with E-state index in [-0.39, 0.29) is 8.80 Å². The molecule has 0 aromatic rings. The SMILES string of the molecule is CO.C[SiH](C)C(C)(C)C. The highest BCUT2D eigenvalue weighted by atomic mass is 28.3. The Hall–Kier alpha value is 0.177. The minimum absolute atomic E-state index is 0.359. The summed E-state index contributed by atoms with van der Waals surface area (Å²) in [6.07, 6.45) is 0. The molecule has 0 atom stereocenters. The van der Waals surface area contributed by atoms with E-state index in [0.29, 0.717) is 5.04 Å². The molecule has 0 radical (unpaired) electrons. The third kappa shape index (κ3) is 8.18. The van der Waals surface area contributed by atoms with Gasteiger partial charge < -0.3 is 5.11 Å². The van der Waals surface area contributed by atoms with Gasteiger partial charge in [-0.2, -0.15) is 0 Å². The number of aliphatic hydroxyl groups excluding tert-OH is 1. The zero-order chi connectivity index (χ0) is 8.08. The Bertz CT molecular complexity index is 54.4. The van der Waals surface area contributed by atoms with Crippen LogP contribution in [0.15, 0.2) is 0 Å². The average Bonchev–Trinajstić information content (AvgIpc) is 1.69.